The largest absolute Gasteiger partial charge is 0.352 e. The number of rotatable bonds is 2. The first-order valence-electron chi connectivity index (χ1n) is 9.42. The van der Waals surface area contributed by atoms with Gasteiger partial charge in [0.05, 0.1) is 16.8 Å². The molecule has 0 unspecified atom stereocenters. The van der Waals surface area contributed by atoms with Crippen LogP contribution >= 0.6 is 0 Å². The molecule has 29 heavy (non-hydrogen) atoms. The molecule has 0 radical (unpaired) electrons. The molecule has 6 nitrogen and oxygen atoms in total. The Balaban J connectivity index is 1.49. The fourth-order valence-electron chi connectivity index (χ4n) is 3.47. The Morgan fingerprint density at radius 3 is 2.62 bits per heavy atom. The van der Waals surface area contributed by atoms with Crippen LogP contribution in [0, 0.1) is 24.1 Å². The van der Waals surface area contributed by atoms with Crippen LogP contribution in [-0.2, 0) is 0 Å². The maximum atomic E-state index is 13.8. The van der Waals surface area contributed by atoms with Crippen LogP contribution in [0.2, 0.25) is 0 Å². The number of nitriles is 1. The van der Waals surface area contributed by atoms with E-state index >= 15 is 0 Å². The monoisotopic (exact) mass is 389 g/mol. The van der Waals surface area contributed by atoms with Crippen LogP contribution in [0.4, 0.5) is 20.7 Å². The summed E-state index contributed by atoms with van der Waals surface area (Å²) in [6, 6.07) is 15.8. The minimum absolute atomic E-state index is 0.165. The normalized spacial score (nSPS) is 14.0. The Bertz CT molecular complexity index is 1120. The molecule has 0 atom stereocenters. The minimum Gasteiger partial charge on any atom is -0.352 e. The van der Waals surface area contributed by atoms with Crippen molar-refractivity contribution >= 4 is 28.4 Å². The smallest absolute Gasteiger partial charge is 0.322 e. The lowest BCUT2D eigenvalue weighted by Crippen LogP contribution is -2.50. The van der Waals surface area contributed by atoms with Gasteiger partial charge in [-0.15, -0.1) is 0 Å². The summed E-state index contributed by atoms with van der Waals surface area (Å²) in [4.78, 5) is 20.8. The van der Waals surface area contributed by atoms with E-state index in [4.69, 9.17) is 4.98 Å². The molecule has 1 aliphatic heterocycles. The number of aryl methyl sites for hydroxylation is 1. The van der Waals surface area contributed by atoms with Crippen LogP contribution < -0.4 is 10.2 Å². The maximum absolute atomic E-state index is 13.8. The topological polar surface area (TPSA) is 72.3 Å². The number of carbonyl (C=O) groups is 1. The number of para-hydroxylation sites is 1. The predicted molar refractivity (Wildman–Crippen MR) is 110 cm³/mol. The second-order valence-corrected chi connectivity index (χ2v) is 7.05. The third kappa shape index (κ3) is 3.83. The quantitative estimate of drug-likeness (QED) is 0.721. The Morgan fingerprint density at radius 1 is 1.14 bits per heavy atom. The minimum atomic E-state index is -0.464. The third-order valence-electron chi connectivity index (χ3n) is 5.06. The number of hydrogen-bond acceptors (Lipinski definition) is 4. The van der Waals surface area contributed by atoms with Crippen molar-refractivity contribution in [2.75, 3.05) is 36.4 Å². The van der Waals surface area contributed by atoms with Gasteiger partial charge >= 0.3 is 6.03 Å². The zero-order valence-electron chi connectivity index (χ0n) is 16.0. The van der Waals surface area contributed by atoms with Gasteiger partial charge in [-0.2, -0.15) is 5.26 Å². The Labute approximate surface area is 168 Å². The summed E-state index contributed by atoms with van der Waals surface area (Å²) >= 11 is 0. The average molecular weight is 389 g/mol. The second-order valence-electron chi connectivity index (χ2n) is 7.05. The molecule has 1 N–H and O–H groups in total. The van der Waals surface area contributed by atoms with E-state index in [2.05, 4.69) is 11.4 Å². The molecule has 0 spiro atoms. The van der Waals surface area contributed by atoms with Crippen molar-refractivity contribution in [3.63, 3.8) is 0 Å². The number of halogens is 1. The molecule has 0 saturated carbocycles. The van der Waals surface area contributed by atoms with Gasteiger partial charge in [-0.3, -0.25) is 0 Å². The van der Waals surface area contributed by atoms with E-state index in [1.807, 2.05) is 36.1 Å². The van der Waals surface area contributed by atoms with Crippen LogP contribution in [0.5, 0.6) is 0 Å². The summed E-state index contributed by atoms with van der Waals surface area (Å²) in [5, 5.41) is 13.1. The standard InChI is InChI=1S/C22H20FN5O/c1-15-6-7-16-13-17(14-24)21(25-20(16)12-15)27-8-10-28(11-9-27)22(29)26-19-5-3-2-4-18(19)23/h2-7,12-13H,8-11H2,1H3,(H,26,29). The number of carbonyl (C=O) groups excluding carboxylic acids is 1. The van der Waals surface area contributed by atoms with E-state index in [0.29, 0.717) is 37.6 Å². The van der Waals surface area contributed by atoms with Crippen molar-refractivity contribution in [3.05, 3.63) is 65.5 Å². The number of piperazine rings is 1. The molecule has 4 rings (SSSR count). The SMILES string of the molecule is Cc1ccc2cc(C#N)c(N3CCN(C(=O)Nc4ccccc4F)CC3)nc2c1. The molecule has 1 fully saturated rings. The lowest BCUT2D eigenvalue weighted by molar-refractivity contribution is 0.208. The number of nitrogens with zero attached hydrogens (tertiary/aromatic N) is 4. The van der Waals surface area contributed by atoms with Crippen LogP contribution in [-0.4, -0.2) is 42.1 Å². The summed E-state index contributed by atoms with van der Waals surface area (Å²) < 4.78 is 13.8. The van der Waals surface area contributed by atoms with E-state index < -0.39 is 5.82 Å². The van der Waals surface area contributed by atoms with Gasteiger partial charge in [0.25, 0.3) is 0 Å². The number of aromatic nitrogens is 1. The van der Waals surface area contributed by atoms with Crippen molar-refractivity contribution in [2.24, 2.45) is 0 Å². The van der Waals surface area contributed by atoms with E-state index in [1.165, 1.54) is 12.1 Å². The van der Waals surface area contributed by atoms with Gasteiger partial charge in [-0.1, -0.05) is 24.3 Å². The number of pyridine rings is 1. The van der Waals surface area contributed by atoms with Crippen LogP contribution in [0.3, 0.4) is 0 Å². The van der Waals surface area contributed by atoms with E-state index in [-0.39, 0.29) is 11.7 Å². The summed E-state index contributed by atoms with van der Waals surface area (Å²) in [7, 11) is 0. The summed E-state index contributed by atoms with van der Waals surface area (Å²) in [5.41, 5.74) is 2.64. The van der Waals surface area contributed by atoms with Crippen molar-refractivity contribution in [2.45, 2.75) is 6.92 Å². The molecule has 1 aliphatic rings. The van der Waals surface area contributed by atoms with Gasteiger partial charge in [0.2, 0.25) is 0 Å². The highest BCUT2D eigenvalue weighted by Crippen LogP contribution is 2.25. The first-order chi connectivity index (χ1) is 14.0. The Hall–Kier alpha value is -3.66. The number of anilines is 2. The summed E-state index contributed by atoms with van der Waals surface area (Å²) in [6.07, 6.45) is 0. The average Bonchev–Trinajstić information content (AvgIpc) is 2.74. The van der Waals surface area contributed by atoms with Crippen LogP contribution in [0.15, 0.2) is 48.5 Å². The molecule has 1 saturated heterocycles. The maximum Gasteiger partial charge on any atom is 0.322 e. The van der Waals surface area contributed by atoms with Gasteiger partial charge in [-0.05, 0) is 36.8 Å². The van der Waals surface area contributed by atoms with Gasteiger partial charge < -0.3 is 15.1 Å². The second kappa shape index (κ2) is 7.76. The van der Waals surface area contributed by atoms with Crippen LogP contribution in [0.1, 0.15) is 11.1 Å². The van der Waals surface area contributed by atoms with Crippen molar-refractivity contribution < 1.29 is 9.18 Å². The molecule has 3 aromatic rings. The fourth-order valence-corrected chi connectivity index (χ4v) is 3.47. The molecule has 1 aromatic heterocycles. The zero-order chi connectivity index (χ0) is 20.4. The highest BCUT2D eigenvalue weighted by molar-refractivity contribution is 5.89. The third-order valence-corrected chi connectivity index (χ3v) is 5.06. The zero-order valence-corrected chi connectivity index (χ0v) is 16.0. The Morgan fingerprint density at radius 2 is 1.90 bits per heavy atom. The molecule has 2 heterocycles. The molecule has 2 amide bonds. The molecule has 146 valence electrons. The summed E-state index contributed by atoms with van der Waals surface area (Å²) in [5.74, 6) is 0.175. The molecule has 7 heteroatoms. The van der Waals surface area contributed by atoms with Gasteiger partial charge in [0.1, 0.15) is 17.7 Å². The first-order valence-corrected chi connectivity index (χ1v) is 9.42. The highest BCUT2D eigenvalue weighted by Gasteiger charge is 2.24. The predicted octanol–water partition coefficient (Wildman–Crippen LogP) is 3.91. The number of nitrogens with one attached hydrogen (secondary N) is 1. The number of fused-ring (bicyclic) bond motifs is 1. The highest BCUT2D eigenvalue weighted by atomic mass is 19.1. The summed E-state index contributed by atoms with van der Waals surface area (Å²) in [6.45, 7) is 4.01. The number of amides is 2. The van der Waals surface area contributed by atoms with Crippen molar-refractivity contribution in [1.82, 2.24) is 9.88 Å². The lowest BCUT2D eigenvalue weighted by atomic mass is 10.1. The van der Waals surface area contributed by atoms with E-state index in [0.717, 1.165) is 16.5 Å². The van der Waals surface area contributed by atoms with E-state index in [1.54, 1.807) is 17.0 Å². The van der Waals surface area contributed by atoms with Crippen LogP contribution in [0.25, 0.3) is 10.9 Å². The first kappa shape index (κ1) is 18.7. The van der Waals surface area contributed by atoms with E-state index in [9.17, 15) is 14.4 Å². The molecule has 0 bridgehead atoms. The number of hydrogen-bond donors (Lipinski definition) is 1. The van der Waals surface area contributed by atoms with Gasteiger partial charge in [0.15, 0.2) is 0 Å². The molecular weight excluding hydrogens is 369 g/mol. The van der Waals surface area contributed by atoms with Gasteiger partial charge in [-0.25, -0.2) is 14.2 Å². The lowest BCUT2D eigenvalue weighted by Gasteiger charge is -2.35. The Kier molecular flexibility index (Phi) is 5.00. The number of benzene rings is 2. The molecule has 2 aromatic carbocycles. The number of urea groups is 1. The van der Waals surface area contributed by atoms with Gasteiger partial charge in [0, 0.05) is 31.6 Å². The molecule has 0 aliphatic carbocycles. The molecular formula is C22H20FN5O. The van der Waals surface area contributed by atoms with Crippen molar-refractivity contribution in [3.8, 4) is 6.07 Å². The fraction of sp³-hybridized carbons (Fsp3) is 0.227. The van der Waals surface area contributed by atoms with Crippen molar-refractivity contribution in [1.29, 1.82) is 5.26 Å².